The molecule has 0 unspecified atom stereocenters. The van der Waals surface area contributed by atoms with Gasteiger partial charge in [-0.05, 0) is 30.0 Å². The Kier molecular flexibility index (Phi) is 7.36. The first-order valence-corrected chi connectivity index (χ1v) is 12.4. The van der Waals surface area contributed by atoms with Crippen LogP contribution in [0.25, 0.3) is 0 Å². The number of epoxide rings is 1. The van der Waals surface area contributed by atoms with Gasteiger partial charge < -0.3 is 23.7 Å². The average Bonchev–Trinajstić information content (AvgIpc) is 3.29. The number of ether oxygens (including phenoxy) is 3. The average molecular weight is 389 g/mol. The predicted molar refractivity (Wildman–Crippen MR) is 106 cm³/mol. The van der Waals surface area contributed by atoms with Gasteiger partial charge in [0.05, 0.1) is 24.9 Å². The fourth-order valence-corrected chi connectivity index (χ4v) is 10.7. The first-order valence-electron chi connectivity index (χ1n) is 10.2. The molecule has 0 bridgehead atoms. The molecule has 0 aromatic rings. The van der Waals surface area contributed by atoms with Crippen LogP contribution in [0.1, 0.15) is 67.7 Å². The number of hydrogen-bond acceptors (Lipinski definition) is 5. The second-order valence-electron chi connectivity index (χ2n) is 9.21. The van der Waals surface area contributed by atoms with Gasteiger partial charge >= 0.3 is 0 Å². The summed E-state index contributed by atoms with van der Waals surface area (Å²) >= 11 is 0. The quantitative estimate of drug-likeness (QED) is 0.473. The van der Waals surface area contributed by atoms with E-state index in [2.05, 4.69) is 41.5 Å². The van der Waals surface area contributed by atoms with Crippen molar-refractivity contribution in [2.45, 2.75) is 115 Å². The lowest BCUT2D eigenvalue weighted by atomic mass is 9.96. The van der Waals surface area contributed by atoms with Crippen LogP contribution < -0.4 is 0 Å². The fraction of sp³-hybridized carbons (Fsp3) is 1.00. The van der Waals surface area contributed by atoms with Gasteiger partial charge in [-0.1, -0.05) is 41.5 Å². The molecule has 0 amide bonds. The maximum atomic E-state index is 9.23. The number of aliphatic hydroxyl groups excluding tert-OH is 1. The SMILES string of the molecule is CO[C@]1(C)C[C@@H](O[Si](C(C)C)(C(C)C)C(C)C)C[C@@H](C[C@@H]2O[C@H]2CO)O1. The minimum absolute atomic E-state index is 0.0239. The molecule has 2 aliphatic heterocycles. The summed E-state index contributed by atoms with van der Waals surface area (Å²) in [7, 11) is -0.237. The molecule has 0 spiro atoms. The molecule has 2 saturated heterocycles. The van der Waals surface area contributed by atoms with Crippen molar-refractivity contribution in [3.63, 3.8) is 0 Å². The van der Waals surface area contributed by atoms with Crippen molar-refractivity contribution in [1.29, 1.82) is 0 Å². The zero-order valence-electron chi connectivity index (χ0n) is 18.0. The number of hydrogen-bond donors (Lipinski definition) is 1. The van der Waals surface area contributed by atoms with Gasteiger partial charge in [-0.2, -0.15) is 0 Å². The first-order chi connectivity index (χ1) is 12.1. The summed E-state index contributed by atoms with van der Waals surface area (Å²) in [6.45, 7) is 16.0. The van der Waals surface area contributed by atoms with Crippen molar-refractivity contribution >= 4 is 8.32 Å². The van der Waals surface area contributed by atoms with Gasteiger partial charge in [0.15, 0.2) is 5.79 Å². The van der Waals surface area contributed by atoms with E-state index in [-0.39, 0.29) is 31.0 Å². The van der Waals surface area contributed by atoms with E-state index in [1.165, 1.54) is 0 Å². The van der Waals surface area contributed by atoms with E-state index in [4.69, 9.17) is 18.6 Å². The molecular formula is C20H40O5Si. The van der Waals surface area contributed by atoms with Crippen LogP contribution >= 0.6 is 0 Å². The Labute approximate surface area is 160 Å². The minimum atomic E-state index is -1.95. The van der Waals surface area contributed by atoms with Crippen LogP contribution in [-0.4, -0.2) is 57.3 Å². The lowest BCUT2D eigenvalue weighted by Crippen LogP contribution is -2.54. The van der Waals surface area contributed by atoms with E-state index < -0.39 is 14.1 Å². The highest BCUT2D eigenvalue weighted by molar-refractivity contribution is 6.77. The Morgan fingerprint density at radius 1 is 1.08 bits per heavy atom. The third-order valence-electron chi connectivity index (χ3n) is 6.41. The first kappa shape index (κ1) is 22.3. The van der Waals surface area contributed by atoms with Crippen molar-refractivity contribution in [2.75, 3.05) is 13.7 Å². The summed E-state index contributed by atoms with van der Waals surface area (Å²) in [5.41, 5.74) is 1.68. The number of aliphatic hydroxyl groups is 1. The van der Waals surface area contributed by atoms with Crippen molar-refractivity contribution in [3.8, 4) is 0 Å². The molecule has 0 radical (unpaired) electrons. The van der Waals surface area contributed by atoms with E-state index in [0.29, 0.717) is 16.6 Å². The highest BCUT2D eigenvalue weighted by Crippen LogP contribution is 2.46. The van der Waals surface area contributed by atoms with Crippen molar-refractivity contribution in [3.05, 3.63) is 0 Å². The van der Waals surface area contributed by atoms with E-state index >= 15 is 0 Å². The van der Waals surface area contributed by atoms with E-state index in [1.807, 2.05) is 6.92 Å². The molecule has 5 nitrogen and oxygen atoms in total. The smallest absolute Gasteiger partial charge is 0.200 e. The molecule has 0 aromatic heterocycles. The van der Waals surface area contributed by atoms with Gasteiger partial charge in [0.2, 0.25) is 8.32 Å². The largest absolute Gasteiger partial charge is 0.413 e. The molecule has 0 aromatic carbocycles. The summed E-state index contributed by atoms with van der Waals surface area (Å²) in [6, 6.07) is 0. The molecule has 2 heterocycles. The van der Waals surface area contributed by atoms with Gasteiger partial charge in [-0.25, -0.2) is 0 Å². The van der Waals surface area contributed by atoms with Crippen LogP contribution in [0.4, 0.5) is 0 Å². The topological polar surface area (TPSA) is 60.5 Å². The molecule has 0 saturated carbocycles. The highest BCUT2D eigenvalue weighted by atomic mass is 28.4. The third kappa shape index (κ3) is 4.70. The predicted octanol–water partition coefficient (Wildman–Crippen LogP) is 4.24. The van der Waals surface area contributed by atoms with Crippen LogP contribution in [0, 0.1) is 0 Å². The molecule has 2 aliphatic rings. The van der Waals surface area contributed by atoms with E-state index in [9.17, 15) is 5.11 Å². The van der Waals surface area contributed by atoms with Gasteiger partial charge in [0, 0.05) is 20.0 Å². The second kappa shape index (κ2) is 8.58. The maximum absolute atomic E-state index is 9.23. The zero-order chi connectivity index (χ0) is 19.7. The summed E-state index contributed by atoms with van der Waals surface area (Å²) in [5, 5.41) is 9.23. The van der Waals surface area contributed by atoms with Crippen molar-refractivity contribution < 1.29 is 23.7 Å². The lowest BCUT2D eigenvalue weighted by Gasteiger charge is -2.49. The molecule has 0 aliphatic carbocycles. The Bertz CT molecular complexity index is 434. The normalized spacial score (nSPS) is 35.5. The summed E-state index contributed by atoms with van der Waals surface area (Å²) in [4.78, 5) is 0. The fourth-order valence-electron chi connectivity index (χ4n) is 5.11. The third-order valence-corrected chi connectivity index (χ3v) is 12.6. The molecule has 6 heteroatoms. The Hall–Kier alpha value is 0.0169. The number of methoxy groups -OCH3 is 1. The lowest BCUT2D eigenvalue weighted by molar-refractivity contribution is -0.274. The Balaban J connectivity index is 2.14. The molecule has 1 N–H and O–H groups in total. The molecule has 2 rings (SSSR count). The van der Waals surface area contributed by atoms with Crippen molar-refractivity contribution in [1.82, 2.24) is 0 Å². The summed E-state index contributed by atoms with van der Waals surface area (Å²) in [5.74, 6) is -0.623. The molecule has 26 heavy (non-hydrogen) atoms. The summed E-state index contributed by atoms with van der Waals surface area (Å²) in [6.07, 6.45) is 2.69. The van der Waals surface area contributed by atoms with E-state index in [0.717, 1.165) is 19.3 Å². The molecule has 154 valence electrons. The molecule has 2 fully saturated rings. The highest BCUT2D eigenvalue weighted by Gasteiger charge is 2.50. The van der Waals surface area contributed by atoms with Gasteiger partial charge in [-0.15, -0.1) is 0 Å². The van der Waals surface area contributed by atoms with Crippen molar-refractivity contribution in [2.24, 2.45) is 0 Å². The van der Waals surface area contributed by atoms with Crippen LogP contribution in [0.5, 0.6) is 0 Å². The maximum Gasteiger partial charge on any atom is 0.200 e. The Morgan fingerprint density at radius 3 is 2.08 bits per heavy atom. The standard InChI is InChI=1S/C20H40O5Si/c1-13(2)26(14(3)4,15(5)6)25-17-9-16(10-18-19(12-21)23-18)24-20(7,11-17)22-8/h13-19,21H,9-12H2,1-8H3/t16-,17-,18-,19-,20-/m0/s1. The minimum Gasteiger partial charge on any atom is -0.413 e. The molecule has 5 atom stereocenters. The van der Waals surface area contributed by atoms with Crippen LogP contribution in [0.3, 0.4) is 0 Å². The Morgan fingerprint density at radius 2 is 1.65 bits per heavy atom. The van der Waals surface area contributed by atoms with Gasteiger partial charge in [0.1, 0.15) is 6.10 Å². The van der Waals surface area contributed by atoms with Crippen LogP contribution in [0.15, 0.2) is 0 Å². The monoisotopic (exact) mass is 388 g/mol. The van der Waals surface area contributed by atoms with Gasteiger partial charge in [-0.3, -0.25) is 0 Å². The van der Waals surface area contributed by atoms with E-state index in [1.54, 1.807) is 7.11 Å². The van der Waals surface area contributed by atoms with Crippen LogP contribution in [-0.2, 0) is 18.6 Å². The van der Waals surface area contributed by atoms with Crippen LogP contribution in [0.2, 0.25) is 16.6 Å². The molecular weight excluding hydrogens is 348 g/mol. The van der Waals surface area contributed by atoms with Gasteiger partial charge in [0.25, 0.3) is 0 Å². The number of rotatable bonds is 9. The summed E-state index contributed by atoms with van der Waals surface area (Å²) < 4.78 is 24.5. The second-order valence-corrected chi connectivity index (χ2v) is 14.6. The zero-order valence-corrected chi connectivity index (χ0v) is 19.0.